The van der Waals surface area contributed by atoms with Crippen molar-refractivity contribution >= 4 is 23.7 Å². The Labute approximate surface area is 159 Å². The topological polar surface area (TPSA) is 143 Å². The zero-order valence-electron chi connectivity index (χ0n) is 16.0. The fraction of sp³-hybridized carbons (Fsp3) is 0.765. The van der Waals surface area contributed by atoms with Gasteiger partial charge in [-0.15, -0.1) is 0 Å². The first kappa shape index (κ1) is 24.8. The van der Waals surface area contributed by atoms with Crippen molar-refractivity contribution in [3.05, 3.63) is 0 Å². The third-order valence-electron chi connectivity index (χ3n) is 3.32. The summed E-state index contributed by atoms with van der Waals surface area (Å²) in [7, 11) is 0. The molecule has 0 aromatic heterocycles. The molecule has 0 fully saturated rings. The number of nitrogens with one attached hydrogen (secondary N) is 3. The molecule has 0 aliphatic carbocycles. The molecule has 1 atom stereocenters. The quantitative estimate of drug-likeness (QED) is 0.259. The molecule has 0 aliphatic rings. The number of amides is 3. The van der Waals surface area contributed by atoms with Crippen molar-refractivity contribution in [1.29, 1.82) is 0 Å². The Bertz CT molecular complexity index is 471. The Morgan fingerprint density at radius 3 is 2.22 bits per heavy atom. The molecule has 0 rings (SSSR count). The molecule has 3 amide bonds. The predicted molar refractivity (Wildman–Crippen MR) is 97.0 cm³/mol. The normalized spacial score (nSPS) is 11.5. The molecule has 156 valence electrons. The van der Waals surface area contributed by atoms with Gasteiger partial charge in [0.05, 0.1) is 19.8 Å². The summed E-state index contributed by atoms with van der Waals surface area (Å²) in [6.45, 7) is 5.27. The first-order chi connectivity index (χ1) is 12.9. The highest BCUT2D eigenvalue weighted by Gasteiger charge is 2.20. The van der Waals surface area contributed by atoms with Crippen LogP contribution in [0.3, 0.4) is 0 Å². The van der Waals surface area contributed by atoms with Crippen LogP contribution in [0.25, 0.3) is 0 Å². The van der Waals surface area contributed by atoms with E-state index in [0.717, 1.165) is 0 Å². The Morgan fingerprint density at radius 1 is 0.889 bits per heavy atom. The fourth-order valence-corrected chi connectivity index (χ4v) is 2.01. The number of rotatable bonds is 16. The van der Waals surface area contributed by atoms with Gasteiger partial charge in [-0.05, 0) is 19.8 Å². The van der Waals surface area contributed by atoms with Crippen LogP contribution < -0.4 is 16.0 Å². The minimum Gasteiger partial charge on any atom is -0.480 e. The van der Waals surface area contributed by atoms with Gasteiger partial charge < -0.3 is 30.5 Å². The van der Waals surface area contributed by atoms with E-state index in [1.807, 2.05) is 13.8 Å². The first-order valence-corrected chi connectivity index (χ1v) is 9.11. The molecule has 10 heteroatoms. The van der Waals surface area contributed by atoms with Gasteiger partial charge >= 0.3 is 5.97 Å². The molecule has 4 N–H and O–H groups in total. The van der Waals surface area contributed by atoms with E-state index in [4.69, 9.17) is 14.6 Å². The minimum absolute atomic E-state index is 0.0149. The smallest absolute Gasteiger partial charge is 0.326 e. The van der Waals surface area contributed by atoms with Gasteiger partial charge in [0.15, 0.2) is 0 Å². The molecule has 0 saturated carbocycles. The summed E-state index contributed by atoms with van der Waals surface area (Å²) in [6.07, 6.45) is 0.875. The Kier molecular flexibility index (Phi) is 14.7. The van der Waals surface area contributed by atoms with Crippen LogP contribution in [0, 0.1) is 0 Å². The van der Waals surface area contributed by atoms with E-state index in [2.05, 4.69) is 16.0 Å². The van der Waals surface area contributed by atoms with E-state index in [0.29, 0.717) is 19.6 Å². The zero-order valence-corrected chi connectivity index (χ0v) is 16.0. The molecule has 1 unspecified atom stereocenters. The Balaban J connectivity index is 3.73. The van der Waals surface area contributed by atoms with Crippen molar-refractivity contribution in [1.82, 2.24) is 16.0 Å². The molecule has 10 nitrogen and oxygen atoms in total. The van der Waals surface area contributed by atoms with Crippen LogP contribution in [0.5, 0.6) is 0 Å². The third kappa shape index (κ3) is 14.6. The molecule has 0 bridgehead atoms. The number of ether oxygens (including phenoxy) is 2. The van der Waals surface area contributed by atoms with Gasteiger partial charge in [-0.25, -0.2) is 4.79 Å². The Morgan fingerprint density at radius 2 is 1.59 bits per heavy atom. The fourth-order valence-electron chi connectivity index (χ4n) is 2.01. The zero-order chi connectivity index (χ0) is 20.5. The van der Waals surface area contributed by atoms with E-state index in [-0.39, 0.29) is 63.3 Å². The lowest BCUT2D eigenvalue weighted by Gasteiger charge is -2.14. The van der Waals surface area contributed by atoms with Crippen molar-refractivity contribution < 1.29 is 33.8 Å². The molecule has 0 aromatic rings. The number of carbonyl (C=O) groups is 4. The van der Waals surface area contributed by atoms with Crippen LogP contribution in [-0.2, 0) is 28.7 Å². The van der Waals surface area contributed by atoms with E-state index >= 15 is 0 Å². The summed E-state index contributed by atoms with van der Waals surface area (Å²) < 4.78 is 10.3. The summed E-state index contributed by atoms with van der Waals surface area (Å²) in [4.78, 5) is 45.4. The summed E-state index contributed by atoms with van der Waals surface area (Å²) >= 11 is 0. The van der Waals surface area contributed by atoms with Crippen LogP contribution in [0.15, 0.2) is 0 Å². The van der Waals surface area contributed by atoms with Gasteiger partial charge in [0.25, 0.3) is 0 Å². The molecule has 0 radical (unpaired) electrons. The van der Waals surface area contributed by atoms with E-state index in [9.17, 15) is 19.2 Å². The van der Waals surface area contributed by atoms with Crippen molar-refractivity contribution in [3.63, 3.8) is 0 Å². The number of carboxylic acid groups (broad SMARTS) is 1. The number of aliphatic carboxylic acids is 1. The maximum Gasteiger partial charge on any atom is 0.326 e. The third-order valence-corrected chi connectivity index (χ3v) is 3.32. The number of hydrogen-bond donors (Lipinski definition) is 4. The summed E-state index contributed by atoms with van der Waals surface area (Å²) in [5.41, 5.74) is 0. The lowest BCUT2D eigenvalue weighted by atomic mass is 10.1. The largest absolute Gasteiger partial charge is 0.480 e. The van der Waals surface area contributed by atoms with Gasteiger partial charge in [0, 0.05) is 25.9 Å². The second kappa shape index (κ2) is 16.0. The van der Waals surface area contributed by atoms with Crippen molar-refractivity contribution in [2.75, 3.05) is 39.5 Å². The molecular weight excluding hydrogens is 358 g/mol. The van der Waals surface area contributed by atoms with Gasteiger partial charge in [0.1, 0.15) is 12.6 Å². The standard InChI is InChI=1S/C17H31N3O7/c1-3-5-15(22)20-13(17(24)25)6-7-14(21)19-8-9-26-10-11-27-12-16(23)18-4-2/h13H,3-12H2,1-2H3,(H,18,23)(H,19,21)(H,20,22)(H,24,25). The monoisotopic (exact) mass is 389 g/mol. The van der Waals surface area contributed by atoms with Crippen LogP contribution in [-0.4, -0.2) is 74.4 Å². The molecule has 0 saturated heterocycles. The highest BCUT2D eigenvalue weighted by Crippen LogP contribution is 2.00. The van der Waals surface area contributed by atoms with Gasteiger partial charge in [-0.2, -0.15) is 0 Å². The van der Waals surface area contributed by atoms with Crippen molar-refractivity contribution in [2.24, 2.45) is 0 Å². The summed E-state index contributed by atoms with van der Waals surface area (Å²) in [6, 6.07) is -1.08. The average Bonchev–Trinajstić information content (AvgIpc) is 2.61. The summed E-state index contributed by atoms with van der Waals surface area (Å²) in [5.74, 6) is -2.01. The second-order valence-electron chi connectivity index (χ2n) is 5.72. The van der Waals surface area contributed by atoms with Gasteiger partial charge in [0.2, 0.25) is 17.7 Å². The highest BCUT2D eigenvalue weighted by molar-refractivity contribution is 5.84. The molecule has 0 spiro atoms. The number of hydrogen-bond acceptors (Lipinski definition) is 6. The van der Waals surface area contributed by atoms with Crippen LogP contribution in [0.1, 0.15) is 39.5 Å². The molecule has 0 aliphatic heterocycles. The predicted octanol–water partition coefficient (Wildman–Crippen LogP) is -0.578. The molecule has 0 aromatic carbocycles. The summed E-state index contributed by atoms with van der Waals surface area (Å²) in [5, 5.41) is 16.7. The Hall–Kier alpha value is -2.20. The minimum atomic E-state index is -1.16. The average molecular weight is 389 g/mol. The maximum atomic E-state index is 11.7. The number of carbonyl (C=O) groups excluding carboxylic acids is 3. The lowest BCUT2D eigenvalue weighted by Crippen LogP contribution is -2.41. The van der Waals surface area contributed by atoms with E-state index in [1.165, 1.54) is 0 Å². The van der Waals surface area contributed by atoms with Crippen molar-refractivity contribution in [3.8, 4) is 0 Å². The molecular formula is C17H31N3O7. The SMILES string of the molecule is CCCC(=O)NC(CCC(=O)NCCOCCOCC(=O)NCC)C(=O)O. The number of likely N-dealkylation sites (N-methyl/N-ethyl adjacent to an activating group) is 1. The van der Waals surface area contributed by atoms with Crippen LogP contribution >= 0.6 is 0 Å². The van der Waals surface area contributed by atoms with Gasteiger partial charge in [-0.1, -0.05) is 6.92 Å². The van der Waals surface area contributed by atoms with E-state index in [1.54, 1.807) is 0 Å². The van der Waals surface area contributed by atoms with Crippen LogP contribution in [0.2, 0.25) is 0 Å². The molecule has 27 heavy (non-hydrogen) atoms. The van der Waals surface area contributed by atoms with E-state index < -0.39 is 12.0 Å². The lowest BCUT2D eigenvalue weighted by molar-refractivity contribution is -0.142. The van der Waals surface area contributed by atoms with Gasteiger partial charge in [-0.3, -0.25) is 14.4 Å². The second-order valence-corrected chi connectivity index (χ2v) is 5.72. The maximum absolute atomic E-state index is 11.7. The highest BCUT2D eigenvalue weighted by atomic mass is 16.5. The van der Waals surface area contributed by atoms with Crippen LogP contribution in [0.4, 0.5) is 0 Å². The number of carboxylic acids is 1. The first-order valence-electron chi connectivity index (χ1n) is 9.11. The van der Waals surface area contributed by atoms with Crippen molar-refractivity contribution in [2.45, 2.75) is 45.6 Å². The molecule has 0 heterocycles.